The van der Waals surface area contributed by atoms with Crippen LogP contribution in [0, 0.1) is 18.3 Å². The van der Waals surface area contributed by atoms with E-state index < -0.39 is 0 Å². The van der Waals surface area contributed by atoms with Gasteiger partial charge >= 0.3 is 0 Å². The number of benzene rings is 2. The van der Waals surface area contributed by atoms with Crippen LogP contribution in [0.25, 0.3) is 10.9 Å². The number of aromatic nitrogens is 1. The molecule has 3 aromatic rings. The van der Waals surface area contributed by atoms with Crippen LogP contribution >= 0.6 is 23.2 Å². The number of nitrogens with zero attached hydrogens (tertiary/aromatic N) is 5. The number of halogens is 2. The summed E-state index contributed by atoms with van der Waals surface area (Å²) in [5, 5.41) is 11.7. The Morgan fingerprint density at radius 1 is 1.06 bits per heavy atom. The van der Waals surface area contributed by atoms with Crippen LogP contribution in [0.2, 0.25) is 10.0 Å². The van der Waals surface area contributed by atoms with Crippen LogP contribution in [0.5, 0.6) is 0 Å². The van der Waals surface area contributed by atoms with Gasteiger partial charge in [0, 0.05) is 43.7 Å². The van der Waals surface area contributed by atoms with Gasteiger partial charge < -0.3 is 19.3 Å². The number of aryl methyl sites for hydroxylation is 2. The van der Waals surface area contributed by atoms with E-state index in [0.29, 0.717) is 54.0 Å². The molecule has 1 aliphatic rings. The Morgan fingerprint density at radius 3 is 2.42 bits per heavy atom. The average Bonchev–Trinajstić information content (AvgIpc) is 2.86. The first kappa shape index (κ1) is 26.0. The molecule has 1 amide bonds. The molecule has 0 atom stereocenters. The van der Waals surface area contributed by atoms with Gasteiger partial charge in [-0.3, -0.25) is 9.59 Å². The SMILES string of the molecule is Cc1ccc2c(c1)c(N1CCN(C(=O)c3ccc(Cl)c(Cl)c3)CC1)c(C#N)c(=O)n2CCCN(C)C. The van der Waals surface area contributed by atoms with Crippen molar-refractivity contribution in [2.24, 2.45) is 0 Å². The summed E-state index contributed by atoms with van der Waals surface area (Å²) in [5.74, 6) is -0.120. The van der Waals surface area contributed by atoms with E-state index in [9.17, 15) is 14.9 Å². The minimum absolute atomic E-state index is 0.120. The molecule has 0 spiro atoms. The molecule has 0 radical (unpaired) electrons. The fourth-order valence-electron chi connectivity index (χ4n) is 4.70. The van der Waals surface area contributed by atoms with Gasteiger partial charge in [-0.2, -0.15) is 5.26 Å². The van der Waals surface area contributed by atoms with Crippen molar-refractivity contribution >= 4 is 45.7 Å². The number of carbonyl (C=O) groups excluding carboxylic acids is 1. The maximum atomic E-state index is 13.5. The van der Waals surface area contributed by atoms with Crippen molar-refractivity contribution in [3.63, 3.8) is 0 Å². The first-order valence-corrected chi connectivity index (χ1v) is 12.7. The van der Waals surface area contributed by atoms with Crippen molar-refractivity contribution in [1.29, 1.82) is 5.26 Å². The molecule has 1 saturated heterocycles. The Kier molecular flexibility index (Phi) is 7.89. The number of fused-ring (bicyclic) bond motifs is 1. The van der Waals surface area contributed by atoms with Crippen molar-refractivity contribution in [2.45, 2.75) is 19.9 Å². The second-order valence-corrected chi connectivity index (χ2v) is 10.2. The van der Waals surface area contributed by atoms with E-state index in [2.05, 4.69) is 15.9 Å². The summed E-state index contributed by atoms with van der Waals surface area (Å²) in [7, 11) is 4.00. The summed E-state index contributed by atoms with van der Waals surface area (Å²) >= 11 is 12.1. The lowest BCUT2D eigenvalue weighted by Crippen LogP contribution is -2.49. The van der Waals surface area contributed by atoms with Crippen LogP contribution in [0.15, 0.2) is 41.2 Å². The number of nitriles is 1. The van der Waals surface area contributed by atoms with E-state index in [1.165, 1.54) is 0 Å². The van der Waals surface area contributed by atoms with Crippen LogP contribution in [-0.4, -0.2) is 67.1 Å². The third-order valence-electron chi connectivity index (χ3n) is 6.54. The highest BCUT2D eigenvalue weighted by molar-refractivity contribution is 6.42. The zero-order valence-corrected chi connectivity index (χ0v) is 22.2. The van der Waals surface area contributed by atoms with Crippen LogP contribution in [0.1, 0.15) is 27.9 Å². The Labute approximate surface area is 221 Å². The quantitative estimate of drug-likeness (QED) is 0.476. The zero-order chi connectivity index (χ0) is 26.0. The molecule has 0 saturated carbocycles. The second-order valence-electron chi connectivity index (χ2n) is 9.38. The fourth-order valence-corrected chi connectivity index (χ4v) is 4.99. The highest BCUT2D eigenvalue weighted by atomic mass is 35.5. The number of piperazine rings is 1. The molecule has 7 nitrogen and oxygen atoms in total. The number of hydrogen-bond acceptors (Lipinski definition) is 5. The molecule has 0 aliphatic carbocycles. The molecular formula is C27H29Cl2N5O2. The number of hydrogen-bond donors (Lipinski definition) is 0. The van der Waals surface area contributed by atoms with E-state index in [1.54, 1.807) is 27.7 Å². The van der Waals surface area contributed by atoms with Crippen molar-refractivity contribution in [3.05, 3.63) is 73.5 Å². The maximum Gasteiger partial charge on any atom is 0.271 e. The van der Waals surface area contributed by atoms with Gasteiger partial charge in [0.15, 0.2) is 0 Å². The van der Waals surface area contributed by atoms with Gasteiger partial charge in [0.25, 0.3) is 11.5 Å². The molecule has 9 heteroatoms. The lowest BCUT2D eigenvalue weighted by molar-refractivity contribution is 0.0747. The largest absolute Gasteiger partial charge is 0.366 e. The number of pyridine rings is 1. The molecular weight excluding hydrogens is 497 g/mol. The van der Waals surface area contributed by atoms with Crippen LogP contribution in [-0.2, 0) is 6.54 Å². The monoisotopic (exact) mass is 525 g/mol. The van der Waals surface area contributed by atoms with E-state index in [-0.39, 0.29) is 17.0 Å². The highest BCUT2D eigenvalue weighted by Gasteiger charge is 2.27. The van der Waals surface area contributed by atoms with Crippen molar-refractivity contribution in [3.8, 4) is 6.07 Å². The summed E-state index contributed by atoms with van der Waals surface area (Å²) < 4.78 is 1.73. The van der Waals surface area contributed by atoms with Gasteiger partial charge in [-0.1, -0.05) is 34.8 Å². The lowest BCUT2D eigenvalue weighted by Gasteiger charge is -2.37. The zero-order valence-electron chi connectivity index (χ0n) is 20.7. The van der Waals surface area contributed by atoms with Crippen LogP contribution in [0.3, 0.4) is 0 Å². The summed E-state index contributed by atoms with van der Waals surface area (Å²) in [4.78, 5) is 32.4. The Hall–Kier alpha value is -3.05. The standard InChI is InChI=1S/C27H29Cl2N5O2/c1-18-5-8-24-20(15-18)25(21(17-30)27(36)34(24)10-4-9-31(2)3)32-11-13-33(14-12-32)26(35)19-6-7-22(28)23(29)16-19/h5-8,15-16H,4,9-14H2,1-3H3. The van der Waals surface area contributed by atoms with Crippen LogP contribution < -0.4 is 10.5 Å². The van der Waals surface area contributed by atoms with E-state index in [4.69, 9.17) is 23.2 Å². The minimum atomic E-state index is -0.267. The number of rotatable bonds is 6. The number of anilines is 1. The molecule has 4 rings (SSSR count). The van der Waals surface area contributed by atoms with Gasteiger partial charge in [-0.15, -0.1) is 0 Å². The summed E-state index contributed by atoms with van der Waals surface area (Å²) in [5.41, 5.74) is 2.91. The van der Waals surface area contributed by atoms with E-state index in [1.807, 2.05) is 39.2 Å². The van der Waals surface area contributed by atoms with E-state index in [0.717, 1.165) is 29.4 Å². The summed E-state index contributed by atoms with van der Waals surface area (Å²) in [6.07, 6.45) is 0.801. The van der Waals surface area contributed by atoms with Gasteiger partial charge in [0.05, 0.1) is 21.2 Å². The predicted molar refractivity (Wildman–Crippen MR) is 145 cm³/mol. The Balaban J connectivity index is 1.65. The Morgan fingerprint density at radius 2 is 1.78 bits per heavy atom. The molecule has 0 N–H and O–H groups in total. The molecule has 2 heterocycles. The topological polar surface area (TPSA) is 72.6 Å². The van der Waals surface area contributed by atoms with Crippen LogP contribution in [0.4, 0.5) is 5.69 Å². The highest BCUT2D eigenvalue weighted by Crippen LogP contribution is 2.31. The molecule has 36 heavy (non-hydrogen) atoms. The molecule has 0 unspecified atom stereocenters. The summed E-state index contributed by atoms with van der Waals surface area (Å²) in [6.45, 7) is 5.33. The number of amides is 1. The fraction of sp³-hybridized carbons (Fsp3) is 0.370. The van der Waals surface area contributed by atoms with Crippen molar-refractivity contribution in [2.75, 3.05) is 51.7 Å². The molecule has 1 aromatic heterocycles. The van der Waals surface area contributed by atoms with Gasteiger partial charge in [-0.25, -0.2) is 0 Å². The van der Waals surface area contributed by atoms with Gasteiger partial charge in [-0.05, 0) is 64.3 Å². The third kappa shape index (κ3) is 5.22. The average molecular weight is 526 g/mol. The normalized spacial score (nSPS) is 13.9. The third-order valence-corrected chi connectivity index (χ3v) is 7.28. The first-order valence-electron chi connectivity index (χ1n) is 11.9. The van der Waals surface area contributed by atoms with Gasteiger partial charge in [0.2, 0.25) is 0 Å². The maximum absolute atomic E-state index is 13.5. The molecule has 0 bridgehead atoms. The van der Waals surface area contributed by atoms with Crippen molar-refractivity contribution in [1.82, 2.24) is 14.4 Å². The first-order chi connectivity index (χ1) is 17.2. The lowest BCUT2D eigenvalue weighted by atomic mass is 10.0. The molecule has 1 fully saturated rings. The number of carbonyl (C=O) groups is 1. The minimum Gasteiger partial charge on any atom is -0.366 e. The smallest absolute Gasteiger partial charge is 0.271 e. The molecule has 2 aromatic carbocycles. The summed E-state index contributed by atoms with van der Waals surface area (Å²) in [6, 6.07) is 13.1. The second kappa shape index (κ2) is 10.9. The van der Waals surface area contributed by atoms with E-state index >= 15 is 0 Å². The Bertz CT molecular complexity index is 1400. The molecule has 1 aliphatic heterocycles. The molecule has 188 valence electrons. The predicted octanol–water partition coefficient (Wildman–Crippen LogP) is 4.40. The van der Waals surface area contributed by atoms with Crippen molar-refractivity contribution < 1.29 is 4.79 Å². The van der Waals surface area contributed by atoms with Gasteiger partial charge in [0.1, 0.15) is 11.6 Å².